The maximum Gasteiger partial charge on any atom is 0.255 e. The summed E-state index contributed by atoms with van der Waals surface area (Å²) in [4.78, 5) is 19.8. The summed E-state index contributed by atoms with van der Waals surface area (Å²) in [5, 5.41) is 0.977. The average Bonchev–Trinajstić information content (AvgIpc) is 2.67. The molecule has 1 N–H and O–H groups in total. The first-order chi connectivity index (χ1) is 13.1. The summed E-state index contributed by atoms with van der Waals surface area (Å²) < 4.78 is 5.59. The third-order valence-electron chi connectivity index (χ3n) is 4.69. The van der Waals surface area contributed by atoms with Gasteiger partial charge in [0.25, 0.3) is 5.56 Å². The van der Waals surface area contributed by atoms with Gasteiger partial charge < -0.3 is 9.72 Å². The maximum atomic E-state index is 12.3. The predicted octanol–water partition coefficient (Wildman–Crippen LogP) is 4.88. The van der Waals surface area contributed by atoms with Crippen LogP contribution in [-0.2, 0) is 0 Å². The highest BCUT2D eigenvalue weighted by atomic mass is 16.5. The Morgan fingerprint density at radius 2 is 1.67 bits per heavy atom. The Bertz CT molecular complexity index is 1190. The minimum absolute atomic E-state index is 0.132. The highest BCUT2D eigenvalue weighted by Crippen LogP contribution is 2.35. The minimum Gasteiger partial charge on any atom is -0.481 e. The van der Waals surface area contributed by atoms with E-state index in [0.717, 1.165) is 33.2 Å². The lowest BCUT2D eigenvalue weighted by molar-refractivity contribution is 0.401. The standard InChI is InChI=1S/C23H20N2O2/c1-14-6-8-16(9-7-14)19-13-17-11-15(2)12-20(21(17)25-23(19)27-3)18-5-4-10-24-22(18)26/h4-13H,1-3H3,(H,24,26). The molecule has 0 aliphatic carbocycles. The van der Waals surface area contributed by atoms with Crippen LogP contribution in [0.25, 0.3) is 33.2 Å². The molecule has 4 heteroatoms. The van der Waals surface area contributed by atoms with Crippen LogP contribution < -0.4 is 10.3 Å². The van der Waals surface area contributed by atoms with Gasteiger partial charge in [0.1, 0.15) is 0 Å². The van der Waals surface area contributed by atoms with E-state index in [1.807, 2.05) is 25.1 Å². The van der Waals surface area contributed by atoms with Crippen molar-refractivity contribution in [2.24, 2.45) is 0 Å². The second kappa shape index (κ2) is 6.72. The molecule has 0 saturated carbocycles. The maximum absolute atomic E-state index is 12.3. The molecule has 0 atom stereocenters. The number of aromatic amines is 1. The van der Waals surface area contributed by atoms with Crippen molar-refractivity contribution in [3.8, 4) is 28.1 Å². The zero-order valence-electron chi connectivity index (χ0n) is 15.5. The third kappa shape index (κ3) is 3.10. The van der Waals surface area contributed by atoms with Crippen LogP contribution in [0.15, 0.2) is 65.6 Å². The van der Waals surface area contributed by atoms with Gasteiger partial charge in [0, 0.05) is 28.3 Å². The molecule has 4 nitrogen and oxygen atoms in total. The van der Waals surface area contributed by atoms with E-state index in [-0.39, 0.29) is 5.56 Å². The van der Waals surface area contributed by atoms with Crippen LogP contribution in [0.2, 0.25) is 0 Å². The summed E-state index contributed by atoms with van der Waals surface area (Å²) in [6.07, 6.45) is 1.63. The zero-order valence-corrected chi connectivity index (χ0v) is 15.5. The molecule has 0 unspecified atom stereocenters. The number of fused-ring (bicyclic) bond motifs is 1. The third-order valence-corrected chi connectivity index (χ3v) is 4.69. The summed E-state index contributed by atoms with van der Waals surface area (Å²) in [6.45, 7) is 4.09. The number of hydrogen-bond donors (Lipinski definition) is 1. The number of benzene rings is 2. The molecule has 2 aromatic heterocycles. The lowest BCUT2D eigenvalue weighted by atomic mass is 9.97. The van der Waals surface area contributed by atoms with Gasteiger partial charge in [0.05, 0.1) is 12.6 Å². The number of ether oxygens (including phenoxy) is 1. The van der Waals surface area contributed by atoms with Crippen LogP contribution in [0.5, 0.6) is 5.88 Å². The zero-order chi connectivity index (χ0) is 19.0. The van der Waals surface area contributed by atoms with Gasteiger partial charge in [-0.15, -0.1) is 0 Å². The smallest absolute Gasteiger partial charge is 0.255 e. The number of aryl methyl sites for hydroxylation is 2. The van der Waals surface area contributed by atoms with E-state index in [0.29, 0.717) is 11.4 Å². The van der Waals surface area contributed by atoms with Crippen LogP contribution >= 0.6 is 0 Å². The van der Waals surface area contributed by atoms with Crippen LogP contribution in [0.4, 0.5) is 0 Å². The van der Waals surface area contributed by atoms with Crippen molar-refractivity contribution in [1.82, 2.24) is 9.97 Å². The van der Waals surface area contributed by atoms with Crippen molar-refractivity contribution in [3.05, 3.63) is 82.3 Å². The fourth-order valence-electron chi connectivity index (χ4n) is 3.36. The van der Waals surface area contributed by atoms with Gasteiger partial charge in [0.2, 0.25) is 5.88 Å². The monoisotopic (exact) mass is 356 g/mol. The number of aromatic nitrogens is 2. The Balaban J connectivity index is 2.02. The minimum atomic E-state index is -0.132. The van der Waals surface area contributed by atoms with Gasteiger partial charge in [-0.1, -0.05) is 29.8 Å². The van der Waals surface area contributed by atoms with Crippen LogP contribution in [0.1, 0.15) is 11.1 Å². The first-order valence-electron chi connectivity index (χ1n) is 8.81. The quantitative estimate of drug-likeness (QED) is 0.569. The van der Waals surface area contributed by atoms with Crippen molar-refractivity contribution in [3.63, 3.8) is 0 Å². The molecular formula is C23H20N2O2. The largest absolute Gasteiger partial charge is 0.481 e. The van der Waals surface area contributed by atoms with E-state index in [2.05, 4.69) is 48.3 Å². The van der Waals surface area contributed by atoms with Gasteiger partial charge >= 0.3 is 0 Å². The number of H-pyrrole nitrogens is 1. The number of rotatable bonds is 3. The molecule has 0 bridgehead atoms. The number of pyridine rings is 2. The molecule has 0 saturated heterocycles. The molecule has 2 aromatic carbocycles. The summed E-state index contributed by atoms with van der Waals surface area (Å²) in [6, 6.07) is 18.1. The van der Waals surface area contributed by atoms with Crippen molar-refractivity contribution in [1.29, 1.82) is 0 Å². The summed E-state index contributed by atoms with van der Waals surface area (Å²) in [5.74, 6) is 0.545. The van der Waals surface area contributed by atoms with Crippen LogP contribution in [-0.4, -0.2) is 17.1 Å². The molecule has 27 heavy (non-hydrogen) atoms. The first-order valence-corrected chi connectivity index (χ1v) is 8.81. The Morgan fingerprint density at radius 3 is 2.37 bits per heavy atom. The van der Waals surface area contributed by atoms with E-state index in [1.54, 1.807) is 13.3 Å². The molecule has 0 spiro atoms. The Kier molecular flexibility index (Phi) is 4.24. The van der Waals surface area contributed by atoms with E-state index >= 15 is 0 Å². The summed E-state index contributed by atoms with van der Waals surface area (Å²) >= 11 is 0. The van der Waals surface area contributed by atoms with Gasteiger partial charge in [-0.05, 0) is 55.3 Å². The van der Waals surface area contributed by atoms with Crippen molar-refractivity contribution < 1.29 is 4.74 Å². The van der Waals surface area contributed by atoms with Crippen LogP contribution in [0.3, 0.4) is 0 Å². The molecule has 0 aliphatic rings. The SMILES string of the molecule is COc1nc2c(-c3ccc[nH]c3=O)cc(C)cc2cc1-c1ccc(C)cc1. The van der Waals surface area contributed by atoms with Gasteiger partial charge in [-0.25, -0.2) is 4.98 Å². The lowest BCUT2D eigenvalue weighted by Gasteiger charge is -2.13. The second-order valence-corrected chi connectivity index (χ2v) is 6.71. The molecule has 0 amide bonds. The van der Waals surface area contributed by atoms with E-state index in [9.17, 15) is 4.79 Å². The van der Waals surface area contributed by atoms with Crippen molar-refractivity contribution in [2.45, 2.75) is 13.8 Å². The number of nitrogens with one attached hydrogen (secondary N) is 1. The van der Waals surface area contributed by atoms with Crippen molar-refractivity contribution >= 4 is 10.9 Å². The van der Waals surface area contributed by atoms with E-state index in [1.165, 1.54) is 5.56 Å². The lowest BCUT2D eigenvalue weighted by Crippen LogP contribution is -2.08. The average molecular weight is 356 g/mol. The van der Waals surface area contributed by atoms with Crippen molar-refractivity contribution in [2.75, 3.05) is 7.11 Å². The molecule has 134 valence electrons. The molecule has 2 heterocycles. The number of hydrogen-bond acceptors (Lipinski definition) is 3. The van der Waals surface area contributed by atoms with E-state index < -0.39 is 0 Å². The fraction of sp³-hybridized carbons (Fsp3) is 0.130. The highest BCUT2D eigenvalue weighted by molar-refractivity contribution is 5.97. The predicted molar refractivity (Wildman–Crippen MR) is 109 cm³/mol. The van der Waals surface area contributed by atoms with Gasteiger partial charge in [-0.3, -0.25) is 4.79 Å². The molecule has 0 radical (unpaired) electrons. The Hall–Kier alpha value is -3.40. The molecular weight excluding hydrogens is 336 g/mol. The van der Waals surface area contributed by atoms with Gasteiger partial charge in [-0.2, -0.15) is 0 Å². The number of nitrogens with zero attached hydrogens (tertiary/aromatic N) is 1. The molecule has 4 rings (SSSR count). The molecule has 0 aliphatic heterocycles. The van der Waals surface area contributed by atoms with Crippen LogP contribution in [0, 0.1) is 13.8 Å². The number of methoxy groups -OCH3 is 1. The Labute approximate surface area is 157 Å². The summed E-state index contributed by atoms with van der Waals surface area (Å²) in [5.41, 5.74) is 6.29. The van der Waals surface area contributed by atoms with Gasteiger partial charge in [0.15, 0.2) is 0 Å². The molecule has 0 fully saturated rings. The normalized spacial score (nSPS) is 10.9. The summed E-state index contributed by atoms with van der Waals surface area (Å²) in [7, 11) is 1.62. The highest BCUT2D eigenvalue weighted by Gasteiger charge is 2.15. The molecule has 4 aromatic rings. The second-order valence-electron chi connectivity index (χ2n) is 6.71. The fourth-order valence-corrected chi connectivity index (χ4v) is 3.36. The topological polar surface area (TPSA) is 55.0 Å². The van der Waals surface area contributed by atoms with E-state index in [4.69, 9.17) is 9.72 Å². The Morgan fingerprint density at radius 1 is 0.889 bits per heavy atom. The first kappa shape index (κ1) is 17.0.